The molecule has 0 aromatic heterocycles. The quantitative estimate of drug-likeness (QED) is 0.738. The van der Waals surface area contributed by atoms with E-state index in [-0.39, 0.29) is 18.2 Å². The number of primary amides is 1. The molecule has 2 amide bonds. The molecule has 7 rings (SSSR count). The molecule has 3 unspecified atom stereocenters. The van der Waals surface area contributed by atoms with Crippen LogP contribution in [-0.4, -0.2) is 45.6 Å². The van der Waals surface area contributed by atoms with Gasteiger partial charge in [-0.2, -0.15) is 0 Å². The number of ether oxygens (including phenoxy) is 1. The van der Waals surface area contributed by atoms with Gasteiger partial charge in [-0.25, -0.2) is 0 Å². The first kappa shape index (κ1) is 20.5. The van der Waals surface area contributed by atoms with Crippen molar-refractivity contribution in [3.05, 3.63) is 29.8 Å². The SMILES string of the molecule is NC(=O)c1ccc(OC2C[C@H]3CC[C@@H](C2)N3C(=O)CC2C3CC4CC2CC(O)(C4)C3)cc1. The summed E-state index contributed by atoms with van der Waals surface area (Å²) >= 11 is 0. The van der Waals surface area contributed by atoms with Crippen molar-refractivity contribution in [2.45, 2.75) is 88.0 Å². The van der Waals surface area contributed by atoms with Crippen LogP contribution in [0.4, 0.5) is 0 Å². The Morgan fingerprint density at radius 1 is 1.00 bits per heavy atom. The van der Waals surface area contributed by atoms with E-state index < -0.39 is 11.5 Å². The van der Waals surface area contributed by atoms with Crippen LogP contribution in [0.1, 0.15) is 74.6 Å². The highest BCUT2D eigenvalue weighted by molar-refractivity contribution is 5.92. The summed E-state index contributed by atoms with van der Waals surface area (Å²) in [5.74, 6) is 2.89. The molecule has 2 aliphatic heterocycles. The molecule has 3 N–H and O–H groups in total. The van der Waals surface area contributed by atoms with E-state index in [2.05, 4.69) is 4.90 Å². The third-order valence-electron chi connectivity index (χ3n) is 9.27. The molecule has 0 spiro atoms. The molecule has 6 bridgehead atoms. The van der Waals surface area contributed by atoms with Crippen molar-refractivity contribution in [3.8, 4) is 5.75 Å². The van der Waals surface area contributed by atoms with Crippen molar-refractivity contribution in [1.82, 2.24) is 4.90 Å². The van der Waals surface area contributed by atoms with Crippen molar-refractivity contribution in [3.63, 3.8) is 0 Å². The van der Waals surface area contributed by atoms with Gasteiger partial charge in [-0.15, -0.1) is 0 Å². The second-order valence-corrected chi connectivity index (χ2v) is 11.3. The molecule has 2 saturated heterocycles. The molecule has 172 valence electrons. The molecule has 1 aromatic carbocycles. The van der Waals surface area contributed by atoms with Gasteiger partial charge in [0.25, 0.3) is 0 Å². The van der Waals surface area contributed by atoms with Crippen LogP contribution in [0.15, 0.2) is 24.3 Å². The summed E-state index contributed by atoms with van der Waals surface area (Å²) in [4.78, 5) is 26.9. The van der Waals surface area contributed by atoms with Crippen LogP contribution in [-0.2, 0) is 4.79 Å². The molecule has 6 nitrogen and oxygen atoms in total. The number of aliphatic hydroxyl groups is 1. The predicted molar refractivity (Wildman–Crippen MR) is 119 cm³/mol. The normalized spacial score (nSPS) is 41.7. The van der Waals surface area contributed by atoms with Gasteiger partial charge in [0.1, 0.15) is 11.9 Å². The zero-order valence-corrected chi connectivity index (χ0v) is 18.6. The van der Waals surface area contributed by atoms with Crippen molar-refractivity contribution in [2.24, 2.45) is 29.4 Å². The van der Waals surface area contributed by atoms with Crippen molar-refractivity contribution < 1.29 is 19.4 Å². The highest BCUT2D eigenvalue weighted by Gasteiger charge is 2.55. The molecule has 2 heterocycles. The van der Waals surface area contributed by atoms with Crippen molar-refractivity contribution >= 4 is 11.8 Å². The molecular formula is C26H34N2O4. The zero-order chi connectivity index (χ0) is 22.0. The number of nitrogens with two attached hydrogens (primary N) is 1. The fraction of sp³-hybridized carbons (Fsp3) is 0.692. The minimum Gasteiger partial charge on any atom is -0.490 e. The summed E-state index contributed by atoms with van der Waals surface area (Å²) in [7, 11) is 0. The van der Waals surface area contributed by atoms with E-state index in [9.17, 15) is 14.7 Å². The van der Waals surface area contributed by atoms with Gasteiger partial charge >= 0.3 is 0 Å². The van der Waals surface area contributed by atoms with Crippen LogP contribution < -0.4 is 10.5 Å². The highest BCUT2D eigenvalue weighted by atomic mass is 16.5. The Hall–Kier alpha value is -2.08. The van der Waals surface area contributed by atoms with Crippen LogP contribution in [0.3, 0.4) is 0 Å². The number of hydrogen-bond donors (Lipinski definition) is 2. The van der Waals surface area contributed by atoms with Crippen molar-refractivity contribution in [1.29, 1.82) is 0 Å². The lowest BCUT2D eigenvalue weighted by Gasteiger charge is -2.58. The Kier molecular flexibility index (Phi) is 4.79. The standard InChI is InChI=1S/C26H34N2O4/c27-25(30)16-1-5-21(6-2-16)32-22-9-19-3-4-20(10-22)28(19)24(29)11-23-17-7-15-8-18(23)14-26(31,12-15)13-17/h1-2,5-6,15,17-20,22-23,31H,3-4,7-14H2,(H2,27,30)/t15?,17?,18?,19-,20+,22?,23?,26?. The zero-order valence-electron chi connectivity index (χ0n) is 18.6. The molecule has 32 heavy (non-hydrogen) atoms. The van der Waals surface area contributed by atoms with E-state index in [0.29, 0.717) is 41.6 Å². The van der Waals surface area contributed by atoms with E-state index in [1.165, 1.54) is 12.8 Å². The number of nitrogens with zero attached hydrogens (tertiary/aromatic N) is 1. The second kappa shape index (κ2) is 7.47. The topological polar surface area (TPSA) is 92.9 Å². The third kappa shape index (κ3) is 3.51. The predicted octanol–water partition coefficient (Wildman–Crippen LogP) is 3.26. The Morgan fingerprint density at radius 3 is 2.19 bits per heavy atom. The Bertz CT molecular complexity index is 885. The maximum atomic E-state index is 13.5. The molecule has 6 heteroatoms. The highest BCUT2D eigenvalue weighted by Crippen LogP contribution is 2.59. The summed E-state index contributed by atoms with van der Waals surface area (Å²) in [5.41, 5.74) is 5.37. The lowest BCUT2D eigenvalue weighted by Crippen LogP contribution is -2.56. The number of hydrogen-bond acceptors (Lipinski definition) is 4. The average molecular weight is 439 g/mol. The molecule has 6 fully saturated rings. The monoisotopic (exact) mass is 438 g/mol. The third-order valence-corrected chi connectivity index (χ3v) is 9.27. The molecule has 0 radical (unpaired) electrons. The van der Waals surface area contributed by atoms with Gasteiger partial charge in [-0.3, -0.25) is 9.59 Å². The van der Waals surface area contributed by atoms with Crippen LogP contribution in [0, 0.1) is 23.7 Å². The maximum Gasteiger partial charge on any atom is 0.248 e. The first-order valence-electron chi connectivity index (χ1n) is 12.5. The number of rotatable bonds is 5. The first-order valence-corrected chi connectivity index (χ1v) is 12.5. The Balaban J connectivity index is 1.08. The van der Waals surface area contributed by atoms with Gasteiger partial charge in [0.2, 0.25) is 11.8 Å². The van der Waals surface area contributed by atoms with Crippen LogP contribution >= 0.6 is 0 Å². The second-order valence-electron chi connectivity index (χ2n) is 11.3. The average Bonchev–Trinajstić information content (AvgIpc) is 3.00. The largest absolute Gasteiger partial charge is 0.490 e. The van der Waals surface area contributed by atoms with Gasteiger partial charge in [0.05, 0.1) is 5.60 Å². The number of benzene rings is 1. The first-order chi connectivity index (χ1) is 15.4. The molecule has 4 aliphatic carbocycles. The number of fused-ring (bicyclic) bond motifs is 2. The van der Waals surface area contributed by atoms with Gasteiger partial charge in [0.15, 0.2) is 0 Å². The van der Waals surface area contributed by atoms with E-state index in [1.54, 1.807) is 24.3 Å². The molecule has 5 atom stereocenters. The summed E-state index contributed by atoms with van der Waals surface area (Å²) < 4.78 is 6.22. The minimum absolute atomic E-state index is 0.103. The van der Waals surface area contributed by atoms with Gasteiger partial charge in [0, 0.05) is 36.9 Å². The molecule has 1 aromatic rings. The summed E-state index contributed by atoms with van der Waals surface area (Å²) in [6.07, 6.45) is 9.90. The lowest BCUT2D eigenvalue weighted by atomic mass is 9.49. The minimum atomic E-state index is -0.435. The molecule has 4 saturated carbocycles. The smallest absolute Gasteiger partial charge is 0.248 e. The van der Waals surface area contributed by atoms with Gasteiger partial charge in [-0.1, -0.05) is 0 Å². The fourth-order valence-electron chi connectivity index (χ4n) is 8.25. The van der Waals surface area contributed by atoms with E-state index >= 15 is 0 Å². The summed E-state index contributed by atoms with van der Waals surface area (Å²) in [5, 5.41) is 10.9. The maximum absolute atomic E-state index is 13.5. The van der Waals surface area contributed by atoms with E-state index in [4.69, 9.17) is 10.5 Å². The summed E-state index contributed by atoms with van der Waals surface area (Å²) in [6.45, 7) is 0. The van der Waals surface area contributed by atoms with Crippen molar-refractivity contribution in [2.75, 3.05) is 0 Å². The number of carbonyl (C=O) groups is 2. The Labute approximate surface area is 189 Å². The number of amides is 2. The molecular weight excluding hydrogens is 404 g/mol. The van der Waals surface area contributed by atoms with Crippen LogP contribution in [0.25, 0.3) is 0 Å². The van der Waals surface area contributed by atoms with Gasteiger partial charge < -0.3 is 20.5 Å². The Morgan fingerprint density at radius 2 is 1.62 bits per heavy atom. The van der Waals surface area contributed by atoms with Crippen LogP contribution in [0.5, 0.6) is 5.75 Å². The molecule has 6 aliphatic rings. The lowest BCUT2D eigenvalue weighted by molar-refractivity contribution is -0.162. The van der Waals surface area contributed by atoms with Crippen LogP contribution in [0.2, 0.25) is 0 Å². The fourth-order valence-corrected chi connectivity index (χ4v) is 8.25. The van der Waals surface area contributed by atoms with E-state index in [1.807, 2.05) is 0 Å². The summed E-state index contributed by atoms with van der Waals surface area (Å²) in [6, 6.07) is 7.56. The van der Waals surface area contributed by atoms with E-state index in [0.717, 1.165) is 50.7 Å². The van der Waals surface area contributed by atoms with Gasteiger partial charge in [-0.05, 0) is 92.9 Å². The number of carbonyl (C=O) groups excluding carboxylic acids is 2. The number of piperidine rings is 1.